The second-order valence-corrected chi connectivity index (χ2v) is 5.74. The van der Waals surface area contributed by atoms with E-state index < -0.39 is 0 Å². The minimum atomic E-state index is -0.140. The lowest BCUT2D eigenvalue weighted by Gasteiger charge is -2.18. The zero-order chi connectivity index (χ0) is 11.5. The summed E-state index contributed by atoms with van der Waals surface area (Å²) in [5.74, 6) is 0.429. The summed E-state index contributed by atoms with van der Waals surface area (Å²) in [5.41, 5.74) is 6.06. The molecule has 1 saturated carbocycles. The summed E-state index contributed by atoms with van der Waals surface area (Å²) in [5, 5.41) is 0. The van der Waals surface area contributed by atoms with E-state index in [-0.39, 0.29) is 17.4 Å². The molecule has 0 amide bonds. The molecule has 0 aromatic rings. The molecule has 0 aliphatic heterocycles. The van der Waals surface area contributed by atoms with Crippen LogP contribution in [0.5, 0.6) is 0 Å². The lowest BCUT2D eigenvalue weighted by Crippen LogP contribution is -2.27. The van der Waals surface area contributed by atoms with E-state index in [9.17, 15) is 4.79 Å². The molecule has 0 aromatic heterocycles. The number of ether oxygens (including phenoxy) is 1. The van der Waals surface area contributed by atoms with Crippen LogP contribution in [0.4, 0.5) is 0 Å². The van der Waals surface area contributed by atoms with Crippen molar-refractivity contribution in [3.63, 3.8) is 0 Å². The van der Waals surface area contributed by atoms with Crippen LogP contribution in [0.1, 0.15) is 46.5 Å². The number of carbonyl (C=O) groups excluding carboxylic acids is 1. The van der Waals surface area contributed by atoms with Crippen molar-refractivity contribution in [1.82, 2.24) is 0 Å². The van der Waals surface area contributed by atoms with Crippen LogP contribution >= 0.6 is 0 Å². The molecule has 0 heterocycles. The van der Waals surface area contributed by atoms with E-state index in [1.54, 1.807) is 0 Å². The smallest absolute Gasteiger partial charge is 0.307 e. The summed E-state index contributed by atoms with van der Waals surface area (Å²) in [7, 11) is 0. The second kappa shape index (κ2) is 4.97. The van der Waals surface area contributed by atoms with Gasteiger partial charge in [-0.2, -0.15) is 0 Å². The first kappa shape index (κ1) is 12.5. The van der Waals surface area contributed by atoms with E-state index in [1.165, 1.54) is 12.8 Å². The number of hydrogen-bond donors (Lipinski definition) is 1. The van der Waals surface area contributed by atoms with Crippen molar-refractivity contribution in [3.05, 3.63) is 0 Å². The zero-order valence-electron chi connectivity index (χ0n) is 10.1. The van der Waals surface area contributed by atoms with Crippen molar-refractivity contribution < 1.29 is 9.53 Å². The monoisotopic (exact) mass is 213 g/mol. The fourth-order valence-electron chi connectivity index (χ4n) is 1.41. The minimum absolute atomic E-state index is 0.0205. The molecule has 1 unspecified atom stereocenters. The fraction of sp³-hybridized carbons (Fsp3) is 0.917. The van der Waals surface area contributed by atoms with Gasteiger partial charge in [-0.05, 0) is 30.6 Å². The highest BCUT2D eigenvalue weighted by molar-refractivity contribution is 5.70. The highest BCUT2D eigenvalue weighted by Gasteiger charge is 2.30. The van der Waals surface area contributed by atoms with Crippen LogP contribution in [0.3, 0.4) is 0 Å². The third-order valence-electron chi connectivity index (χ3n) is 2.74. The molecule has 15 heavy (non-hydrogen) atoms. The molecule has 1 fully saturated rings. The Bertz CT molecular complexity index is 216. The molecule has 0 saturated heterocycles. The predicted molar refractivity (Wildman–Crippen MR) is 60.3 cm³/mol. The molecule has 1 aliphatic rings. The molecular weight excluding hydrogens is 190 g/mol. The van der Waals surface area contributed by atoms with Gasteiger partial charge in [-0.3, -0.25) is 4.79 Å². The van der Waals surface area contributed by atoms with E-state index >= 15 is 0 Å². The molecule has 2 N–H and O–H groups in total. The van der Waals surface area contributed by atoms with Crippen LogP contribution in [0.2, 0.25) is 0 Å². The molecule has 1 atom stereocenters. The molecule has 1 aliphatic carbocycles. The van der Waals surface area contributed by atoms with Gasteiger partial charge in [0.05, 0.1) is 13.0 Å². The number of hydrogen-bond acceptors (Lipinski definition) is 3. The van der Waals surface area contributed by atoms with E-state index in [0.717, 1.165) is 6.42 Å². The highest BCUT2D eigenvalue weighted by Crippen LogP contribution is 2.32. The molecule has 0 radical (unpaired) electrons. The average Bonchev–Trinajstić information content (AvgIpc) is 2.82. The predicted octanol–water partition coefficient (Wildman–Crippen LogP) is 2.09. The van der Waals surface area contributed by atoms with E-state index in [0.29, 0.717) is 18.9 Å². The lowest BCUT2D eigenvalue weighted by molar-refractivity contribution is -0.144. The Balaban J connectivity index is 2.07. The fourth-order valence-corrected chi connectivity index (χ4v) is 1.41. The summed E-state index contributed by atoms with van der Waals surface area (Å²) in [6.45, 7) is 6.92. The van der Waals surface area contributed by atoms with Gasteiger partial charge in [0.25, 0.3) is 0 Å². The average molecular weight is 213 g/mol. The molecule has 3 heteroatoms. The van der Waals surface area contributed by atoms with E-state index in [4.69, 9.17) is 10.5 Å². The summed E-state index contributed by atoms with van der Waals surface area (Å²) >= 11 is 0. The quantitative estimate of drug-likeness (QED) is 0.711. The van der Waals surface area contributed by atoms with Crippen LogP contribution < -0.4 is 5.73 Å². The summed E-state index contributed by atoms with van der Waals surface area (Å²) in [4.78, 5) is 11.4. The SMILES string of the molecule is CC(C)(C)CCOC(=O)CC(N)C1CC1. The first-order valence-corrected chi connectivity index (χ1v) is 5.80. The molecule has 0 spiro atoms. The van der Waals surface area contributed by atoms with Crippen molar-refractivity contribution in [1.29, 1.82) is 0 Å². The second-order valence-electron chi connectivity index (χ2n) is 5.74. The van der Waals surface area contributed by atoms with Gasteiger partial charge in [0, 0.05) is 6.04 Å². The maximum atomic E-state index is 11.4. The Hall–Kier alpha value is -0.570. The van der Waals surface area contributed by atoms with Crippen LogP contribution in [-0.4, -0.2) is 18.6 Å². The first-order chi connectivity index (χ1) is 6.88. The molecular formula is C12H23NO2. The third-order valence-corrected chi connectivity index (χ3v) is 2.74. The van der Waals surface area contributed by atoms with Gasteiger partial charge in [0.2, 0.25) is 0 Å². The number of nitrogens with two attached hydrogens (primary N) is 1. The third kappa shape index (κ3) is 5.78. The van der Waals surface area contributed by atoms with E-state index in [2.05, 4.69) is 20.8 Å². The van der Waals surface area contributed by atoms with Gasteiger partial charge < -0.3 is 10.5 Å². The largest absolute Gasteiger partial charge is 0.466 e. The Morgan fingerprint density at radius 1 is 1.47 bits per heavy atom. The van der Waals surface area contributed by atoms with Crippen molar-refractivity contribution in [2.45, 2.75) is 52.5 Å². The van der Waals surface area contributed by atoms with Gasteiger partial charge in [0.15, 0.2) is 0 Å². The van der Waals surface area contributed by atoms with Crippen molar-refractivity contribution in [2.24, 2.45) is 17.1 Å². The molecule has 0 bridgehead atoms. The highest BCUT2D eigenvalue weighted by atomic mass is 16.5. The van der Waals surface area contributed by atoms with Gasteiger partial charge in [-0.25, -0.2) is 0 Å². The topological polar surface area (TPSA) is 52.3 Å². The Morgan fingerprint density at radius 3 is 2.53 bits per heavy atom. The standard InChI is InChI=1S/C12H23NO2/c1-12(2,3)6-7-15-11(14)8-10(13)9-4-5-9/h9-10H,4-8,13H2,1-3H3. The van der Waals surface area contributed by atoms with E-state index in [1.807, 2.05) is 0 Å². The van der Waals surface area contributed by atoms with Crippen molar-refractivity contribution >= 4 is 5.97 Å². The van der Waals surface area contributed by atoms with Crippen molar-refractivity contribution in [2.75, 3.05) is 6.61 Å². The summed E-state index contributed by atoms with van der Waals surface area (Å²) in [6.07, 6.45) is 3.64. The normalized spacial score (nSPS) is 18.7. The molecule has 1 rings (SSSR count). The molecule has 3 nitrogen and oxygen atoms in total. The van der Waals surface area contributed by atoms with Crippen LogP contribution in [-0.2, 0) is 9.53 Å². The Kier molecular flexibility index (Phi) is 4.14. The van der Waals surface area contributed by atoms with Crippen LogP contribution in [0.15, 0.2) is 0 Å². The minimum Gasteiger partial charge on any atom is -0.466 e. The van der Waals surface area contributed by atoms with Gasteiger partial charge in [-0.1, -0.05) is 20.8 Å². The Morgan fingerprint density at radius 2 is 2.07 bits per heavy atom. The van der Waals surface area contributed by atoms with Gasteiger partial charge >= 0.3 is 5.97 Å². The summed E-state index contributed by atoms with van der Waals surface area (Å²) < 4.78 is 5.15. The van der Waals surface area contributed by atoms with Gasteiger partial charge in [0.1, 0.15) is 0 Å². The number of carbonyl (C=O) groups is 1. The van der Waals surface area contributed by atoms with Crippen molar-refractivity contribution in [3.8, 4) is 0 Å². The Labute approximate surface area is 92.4 Å². The summed E-state index contributed by atoms with van der Waals surface area (Å²) in [6, 6.07) is 0.0205. The lowest BCUT2D eigenvalue weighted by atomic mass is 9.93. The maximum Gasteiger partial charge on any atom is 0.307 e. The molecule has 88 valence electrons. The zero-order valence-corrected chi connectivity index (χ0v) is 10.1. The van der Waals surface area contributed by atoms with Crippen LogP contribution in [0.25, 0.3) is 0 Å². The maximum absolute atomic E-state index is 11.4. The van der Waals surface area contributed by atoms with Gasteiger partial charge in [-0.15, -0.1) is 0 Å². The first-order valence-electron chi connectivity index (χ1n) is 5.80. The number of esters is 1. The number of rotatable bonds is 5. The molecule has 0 aromatic carbocycles. The van der Waals surface area contributed by atoms with Crippen LogP contribution in [0, 0.1) is 11.3 Å².